The summed E-state index contributed by atoms with van der Waals surface area (Å²) in [5.41, 5.74) is 7.51. The van der Waals surface area contributed by atoms with Crippen LogP contribution in [0.3, 0.4) is 0 Å². The first-order valence-electron chi connectivity index (χ1n) is 4.66. The number of benzene rings is 1. The minimum Gasteiger partial charge on any atom is -0.460 e. The Hall–Kier alpha value is -1.09. The maximum absolute atomic E-state index is 5.83. The van der Waals surface area contributed by atoms with E-state index in [2.05, 4.69) is 6.92 Å². The molecule has 0 fully saturated rings. The Morgan fingerprint density at radius 2 is 2.29 bits per heavy atom. The van der Waals surface area contributed by atoms with E-state index in [1.807, 2.05) is 36.0 Å². The molecule has 3 heteroatoms. The Morgan fingerprint density at radius 3 is 3.00 bits per heavy atom. The van der Waals surface area contributed by atoms with Gasteiger partial charge < -0.3 is 10.2 Å². The third-order valence-electron chi connectivity index (χ3n) is 2.09. The Labute approximate surface area is 87.5 Å². The number of rotatable bonds is 3. The first-order valence-corrected chi connectivity index (χ1v) is 5.81. The van der Waals surface area contributed by atoms with Crippen LogP contribution in [0, 0.1) is 0 Å². The number of thioether (sulfide) groups is 1. The van der Waals surface area contributed by atoms with Crippen LogP contribution in [-0.4, -0.2) is 5.75 Å². The van der Waals surface area contributed by atoms with Crippen molar-refractivity contribution in [3.05, 3.63) is 30.0 Å². The predicted molar refractivity (Wildman–Crippen MR) is 62.5 cm³/mol. The number of hydrogen-bond donors (Lipinski definition) is 1. The fraction of sp³-hybridized carbons (Fsp3) is 0.273. The molecule has 74 valence electrons. The Bertz CT molecular complexity index is 436. The monoisotopic (exact) mass is 207 g/mol. The molecule has 1 aromatic heterocycles. The van der Waals surface area contributed by atoms with Gasteiger partial charge in [0.1, 0.15) is 11.3 Å². The van der Waals surface area contributed by atoms with Crippen LogP contribution in [0.2, 0.25) is 0 Å². The van der Waals surface area contributed by atoms with E-state index in [4.69, 9.17) is 10.2 Å². The molecule has 1 aromatic carbocycles. The first-order chi connectivity index (χ1) is 6.81. The van der Waals surface area contributed by atoms with E-state index < -0.39 is 0 Å². The molecule has 2 rings (SSSR count). The summed E-state index contributed by atoms with van der Waals surface area (Å²) in [6.07, 6.45) is 0. The quantitative estimate of drug-likeness (QED) is 0.785. The summed E-state index contributed by atoms with van der Waals surface area (Å²) in [5, 5.41) is 1.03. The number of nitrogen functional groups attached to an aromatic ring is 1. The second kappa shape index (κ2) is 3.96. The van der Waals surface area contributed by atoms with Gasteiger partial charge >= 0.3 is 0 Å². The molecule has 0 aliphatic heterocycles. The second-order valence-electron chi connectivity index (χ2n) is 3.11. The third kappa shape index (κ3) is 1.73. The fourth-order valence-electron chi connectivity index (χ4n) is 1.41. The van der Waals surface area contributed by atoms with Crippen LogP contribution < -0.4 is 5.73 Å². The molecule has 0 spiro atoms. The van der Waals surface area contributed by atoms with Crippen LogP contribution in [0.4, 0.5) is 5.69 Å². The molecule has 0 aliphatic carbocycles. The zero-order chi connectivity index (χ0) is 9.97. The van der Waals surface area contributed by atoms with Crippen molar-refractivity contribution in [1.29, 1.82) is 0 Å². The lowest BCUT2D eigenvalue weighted by molar-refractivity contribution is 0.574. The maximum atomic E-state index is 5.83. The zero-order valence-electron chi connectivity index (χ0n) is 8.12. The van der Waals surface area contributed by atoms with Crippen molar-refractivity contribution in [2.24, 2.45) is 0 Å². The van der Waals surface area contributed by atoms with E-state index in [9.17, 15) is 0 Å². The van der Waals surface area contributed by atoms with E-state index in [-0.39, 0.29) is 0 Å². The van der Waals surface area contributed by atoms with Gasteiger partial charge in [0, 0.05) is 11.1 Å². The summed E-state index contributed by atoms with van der Waals surface area (Å²) >= 11 is 1.85. The average molecular weight is 207 g/mol. The number of fused-ring (bicyclic) bond motifs is 1. The van der Waals surface area contributed by atoms with Gasteiger partial charge in [0.2, 0.25) is 0 Å². The molecule has 0 radical (unpaired) electrons. The van der Waals surface area contributed by atoms with Gasteiger partial charge in [-0.2, -0.15) is 11.8 Å². The van der Waals surface area contributed by atoms with E-state index in [1.165, 1.54) is 0 Å². The SMILES string of the molecule is CCSCc1cc2c(N)cccc2o1. The molecule has 0 unspecified atom stereocenters. The van der Waals surface area contributed by atoms with Gasteiger partial charge in [0.05, 0.1) is 5.75 Å². The summed E-state index contributed by atoms with van der Waals surface area (Å²) < 4.78 is 5.65. The number of hydrogen-bond acceptors (Lipinski definition) is 3. The highest BCUT2D eigenvalue weighted by Crippen LogP contribution is 2.26. The highest BCUT2D eigenvalue weighted by atomic mass is 32.2. The third-order valence-corrected chi connectivity index (χ3v) is 2.99. The van der Waals surface area contributed by atoms with Crippen molar-refractivity contribution < 1.29 is 4.42 Å². The largest absolute Gasteiger partial charge is 0.460 e. The summed E-state index contributed by atoms with van der Waals surface area (Å²) in [6.45, 7) is 2.14. The highest BCUT2D eigenvalue weighted by Gasteiger charge is 2.05. The first kappa shape index (κ1) is 9.46. The summed E-state index contributed by atoms with van der Waals surface area (Å²) in [6, 6.07) is 7.80. The molecule has 0 aliphatic rings. The average Bonchev–Trinajstić information content (AvgIpc) is 2.59. The second-order valence-corrected chi connectivity index (χ2v) is 4.38. The molecule has 14 heavy (non-hydrogen) atoms. The van der Waals surface area contributed by atoms with E-state index >= 15 is 0 Å². The zero-order valence-corrected chi connectivity index (χ0v) is 8.93. The van der Waals surface area contributed by atoms with Crippen molar-refractivity contribution in [2.75, 3.05) is 11.5 Å². The molecule has 0 atom stereocenters. The smallest absolute Gasteiger partial charge is 0.136 e. The van der Waals surface area contributed by atoms with Crippen LogP contribution in [0.25, 0.3) is 11.0 Å². The molecule has 1 heterocycles. The summed E-state index contributed by atoms with van der Waals surface area (Å²) in [7, 11) is 0. The number of nitrogens with two attached hydrogens (primary N) is 1. The Balaban J connectivity index is 2.36. The molecule has 0 bridgehead atoms. The van der Waals surface area contributed by atoms with E-state index in [1.54, 1.807) is 0 Å². The van der Waals surface area contributed by atoms with Crippen LogP contribution in [-0.2, 0) is 5.75 Å². The molecule has 0 saturated heterocycles. The molecule has 2 N–H and O–H groups in total. The van der Waals surface area contributed by atoms with Crippen molar-refractivity contribution in [3.63, 3.8) is 0 Å². The lowest BCUT2D eigenvalue weighted by Crippen LogP contribution is -1.82. The van der Waals surface area contributed by atoms with E-state index in [0.29, 0.717) is 0 Å². The molecule has 2 aromatic rings. The maximum Gasteiger partial charge on any atom is 0.136 e. The molecular formula is C11H13NOS. The van der Waals surface area contributed by atoms with Gasteiger partial charge in [0.15, 0.2) is 0 Å². The van der Waals surface area contributed by atoms with Crippen molar-refractivity contribution in [3.8, 4) is 0 Å². The van der Waals surface area contributed by atoms with Crippen molar-refractivity contribution in [1.82, 2.24) is 0 Å². The number of anilines is 1. The topological polar surface area (TPSA) is 39.2 Å². The van der Waals surface area contributed by atoms with Gasteiger partial charge in [-0.3, -0.25) is 0 Å². The van der Waals surface area contributed by atoms with Crippen molar-refractivity contribution in [2.45, 2.75) is 12.7 Å². The predicted octanol–water partition coefficient (Wildman–Crippen LogP) is 3.27. The normalized spacial score (nSPS) is 10.9. The summed E-state index contributed by atoms with van der Waals surface area (Å²) in [4.78, 5) is 0. The Kier molecular flexibility index (Phi) is 2.68. The van der Waals surface area contributed by atoms with E-state index in [0.717, 1.165) is 33.9 Å². The minimum absolute atomic E-state index is 0.791. The van der Waals surface area contributed by atoms with Crippen molar-refractivity contribution >= 4 is 28.4 Å². The minimum atomic E-state index is 0.791. The lowest BCUT2D eigenvalue weighted by Gasteiger charge is -1.91. The van der Waals surface area contributed by atoms with Gasteiger partial charge in [-0.1, -0.05) is 13.0 Å². The highest BCUT2D eigenvalue weighted by molar-refractivity contribution is 7.98. The van der Waals surface area contributed by atoms with Gasteiger partial charge in [0.25, 0.3) is 0 Å². The molecule has 0 saturated carbocycles. The van der Waals surface area contributed by atoms with Gasteiger partial charge in [-0.25, -0.2) is 0 Å². The summed E-state index contributed by atoms with van der Waals surface area (Å²) in [5.74, 6) is 3.03. The van der Waals surface area contributed by atoms with Crippen LogP contribution in [0.15, 0.2) is 28.7 Å². The number of furan rings is 1. The standard InChI is InChI=1S/C11H13NOS/c1-2-14-7-8-6-9-10(12)4-3-5-11(9)13-8/h3-6H,2,7,12H2,1H3. The van der Waals surface area contributed by atoms with Gasteiger partial charge in [-0.15, -0.1) is 0 Å². The lowest BCUT2D eigenvalue weighted by atomic mass is 10.2. The Morgan fingerprint density at radius 1 is 1.43 bits per heavy atom. The van der Waals surface area contributed by atoms with Gasteiger partial charge in [-0.05, 0) is 24.0 Å². The molecule has 2 nitrogen and oxygen atoms in total. The fourth-order valence-corrected chi connectivity index (χ4v) is 1.96. The van der Waals surface area contributed by atoms with Crippen LogP contribution >= 0.6 is 11.8 Å². The molecular weight excluding hydrogens is 194 g/mol. The van der Waals surface area contributed by atoms with Crippen LogP contribution in [0.5, 0.6) is 0 Å². The molecule has 0 amide bonds. The van der Waals surface area contributed by atoms with Crippen LogP contribution in [0.1, 0.15) is 12.7 Å².